The number of imidazole rings is 1. The number of hydrogen-bond acceptors (Lipinski definition) is 6. The predicted octanol–water partition coefficient (Wildman–Crippen LogP) is 0.603. The zero-order valence-electron chi connectivity index (χ0n) is 11.5. The number of nitrogens with one attached hydrogen (secondary N) is 1. The lowest BCUT2D eigenvalue weighted by Gasteiger charge is -2.35. The van der Waals surface area contributed by atoms with Crippen molar-refractivity contribution in [2.75, 3.05) is 31.6 Å². The largest absolute Gasteiger partial charge is 0.406 e. The summed E-state index contributed by atoms with van der Waals surface area (Å²) in [6, 6.07) is 0.567. The highest BCUT2D eigenvalue weighted by molar-refractivity contribution is 5.52. The molecule has 20 heavy (non-hydrogen) atoms. The summed E-state index contributed by atoms with van der Waals surface area (Å²) in [5, 5.41) is 14.0. The lowest BCUT2D eigenvalue weighted by Crippen LogP contribution is -2.48. The molecule has 0 bridgehead atoms. The molecule has 0 amide bonds. The molecule has 1 aromatic rings. The molecule has 110 valence electrons. The molecule has 2 saturated heterocycles. The van der Waals surface area contributed by atoms with Gasteiger partial charge in [-0.25, -0.2) is 0 Å². The molecule has 2 atom stereocenters. The highest BCUT2D eigenvalue weighted by Crippen LogP contribution is 2.24. The quantitative estimate of drug-likeness (QED) is 0.642. The van der Waals surface area contributed by atoms with Gasteiger partial charge in [0.15, 0.2) is 0 Å². The van der Waals surface area contributed by atoms with Gasteiger partial charge < -0.3 is 20.2 Å². The number of nitrogens with zero attached hydrogens (tertiary/aromatic N) is 4. The van der Waals surface area contributed by atoms with Gasteiger partial charge in [0.1, 0.15) is 0 Å². The highest BCUT2D eigenvalue weighted by atomic mass is 16.6. The Bertz CT molecular complexity index is 503. The van der Waals surface area contributed by atoms with Crippen molar-refractivity contribution < 1.29 is 9.66 Å². The summed E-state index contributed by atoms with van der Waals surface area (Å²) in [6.45, 7) is 3.35. The average Bonchev–Trinajstić information content (AvgIpc) is 3.02. The first-order valence-electron chi connectivity index (χ1n) is 6.90. The maximum absolute atomic E-state index is 10.9. The molecule has 2 unspecified atom stereocenters. The second-order valence-electron chi connectivity index (χ2n) is 5.41. The molecule has 3 heterocycles. The standard InChI is InChI=1S/C12H19N5O3/c1-15-8-14-12(17(18)19)11(15)13-5-10-6-16-4-2-3-9(16)7-20-10/h8-10,13H,2-7H2,1H3. The lowest BCUT2D eigenvalue weighted by molar-refractivity contribution is -0.388. The van der Waals surface area contributed by atoms with Crippen molar-refractivity contribution in [2.45, 2.75) is 25.0 Å². The minimum Gasteiger partial charge on any atom is -0.373 e. The van der Waals surface area contributed by atoms with E-state index in [4.69, 9.17) is 4.74 Å². The van der Waals surface area contributed by atoms with Gasteiger partial charge in [0.25, 0.3) is 0 Å². The van der Waals surface area contributed by atoms with Crippen LogP contribution in [-0.2, 0) is 11.8 Å². The smallest absolute Gasteiger partial charge is 0.373 e. The fraction of sp³-hybridized carbons (Fsp3) is 0.750. The molecule has 2 aliphatic heterocycles. The molecule has 0 aromatic carbocycles. The topological polar surface area (TPSA) is 85.5 Å². The first kappa shape index (κ1) is 13.3. The Morgan fingerprint density at radius 1 is 1.65 bits per heavy atom. The third-order valence-electron chi connectivity index (χ3n) is 4.05. The van der Waals surface area contributed by atoms with Crippen LogP contribution in [0.1, 0.15) is 12.8 Å². The molecule has 1 N–H and O–H groups in total. The molecule has 2 aliphatic rings. The Kier molecular flexibility index (Phi) is 3.58. The van der Waals surface area contributed by atoms with Crippen LogP contribution in [0.25, 0.3) is 0 Å². The van der Waals surface area contributed by atoms with E-state index >= 15 is 0 Å². The monoisotopic (exact) mass is 281 g/mol. The van der Waals surface area contributed by atoms with Crippen molar-refractivity contribution in [3.05, 3.63) is 16.4 Å². The van der Waals surface area contributed by atoms with Gasteiger partial charge in [0.2, 0.25) is 12.1 Å². The Morgan fingerprint density at radius 3 is 3.30 bits per heavy atom. The van der Waals surface area contributed by atoms with Gasteiger partial charge in [-0.15, -0.1) is 0 Å². The summed E-state index contributed by atoms with van der Waals surface area (Å²) in [5.74, 6) is 0.296. The summed E-state index contributed by atoms with van der Waals surface area (Å²) in [4.78, 5) is 16.6. The molecule has 2 fully saturated rings. The van der Waals surface area contributed by atoms with Crippen molar-refractivity contribution in [3.8, 4) is 0 Å². The van der Waals surface area contributed by atoms with Crippen molar-refractivity contribution in [2.24, 2.45) is 7.05 Å². The molecule has 0 aliphatic carbocycles. The molecule has 1 aromatic heterocycles. The fourth-order valence-corrected chi connectivity index (χ4v) is 2.97. The van der Waals surface area contributed by atoms with Crippen molar-refractivity contribution in [1.29, 1.82) is 0 Å². The Morgan fingerprint density at radius 2 is 2.50 bits per heavy atom. The number of ether oxygens (including phenoxy) is 1. The van der Waals surface area contributed by atoms with Gasteiger partial charge >= 0.3 is 5.82 Å². The van der Waals surface area contributed by atoms with Crippen LogP contribution in [0.15, 0.2) is 6.33 Å². The van der Waals surface area contributed by atoms with Gasteiger partial charge in [-0.3, -0.25) is 9.47 Å². The third-order valence-corrected chi connectivity index (χ3v) is 4.05. The molecular formula is C12H19N5O3. The Balaban J connectivity index is 1.60. The highest BCUT2D eigenvalue weighted by Gasteiger charge is 2.32. The molecule has 8 nitrogen and oxygen atoms in total. The number of aryl methyl sites for hydroxylation is 1. The van der Waals surface area contributed by atoms with E-state index < -0.39 is 4.92 Å². The van der Waals surface area contributed by atoms with Gasteiger partial charge in [-0.1, -0.05) is 0 Å². The van der Waals surface area contributed by atoms with Crippen LogP contribution < -0.4 is 5.32 Å². The van der Waals surface area contributed by atoms with E-state index in [1.807, 2.05) is 0 Å². The van der Waals surface area contributed by atoms with Crippen LogP contribution in [-0.4, -0.2) is 57.8 Å². The number of aromatic nitrogens is 2. The summed E-state index contributed by atoms with van der Waals surface area (Å²) in [7, 11) is 1.74. The minimum absolute atomic E-state index is 0.0684. The molecule has 8 heteroatoms. The molecule has 0 spiro atoms. The first-order chi connectivity index (χ1) is 9.65. The molecule has 0 radical (unpaired) electrons. The number of anilines is 1. The fourth-order valence-electron chi connectivity index (χ4n) is 2.97. The summed E-state index contributed by atoms with van der Waals surface area (Å²) in [6.07, 6.45) is 3.96. The Labute approximate surface area is 116 Å². The van der Waals surface area contributed by atoms with E-state index in [1.54, 1.807) is 11.6 Å². The third kappa shape index (κ3) is 2.48. The van der Waals surface area contributed by atoms with E-state index in [9.17, 15) is 10.1 Å². The van der Waals surface area contributed by atoms with Crippen LogP contribution in [0.3, 0.4) is 0 Å². The number of fused-ring (bicyclic) bond motifs is 1. The predicted molar refractivity (Wildman–Crippen MR) is 72.7 cm³/mol. The number of morpholine rings is 1. The number of hydrogen-bond donors (Lipinski definition) is 1. The van der Waals surface area contributed by atoms with Crippen LogP contribution in [0.5, 0.6) is 0 Å². The average molecular weight is 281 g/mol. The zero-order chi connectivity index (χ0) is 14.1. The second kappa shape index (κ2) is 5.37. The number of rotatable bonds is 4. The van der Waals surface area contributed by atoms with Gasteiger partial charge in [0.05, 0.1) is 12.7 Å². The van der Waals surface area contributed by atoms with Crippen molar-refractivity contribution in [3.63, 3.8) is 0 Å². The van der Waals surface area contributed by atoms with E-state index in [2.05, 4.69) is 15.2 Å². The van der Waals surface area contributed by atoms with Crippen LogP contribution >= 0.6 is 0 Å². The maximum atomic E-state index is 10.9. The Hall–Kier alpha value is -1.67. The molecule has 3 rings (SSSR count). The summed E-state index contributed by atoms with van der Waals surface area (Å²) < 4.78 is 7.45. The van der Waals surface area contributed by atoms with E-state index in [0.717, 1.165) is 19.7 Å². The number of nitro groups is 1. The van der Waals surface area contributed by atoms with Crippen molar-refractivity contribution >= 4 is 11.6 Å². The zero-order valence-corrected chi connectivity index (χ0v) is 11.5. The van der Waals surface area contributed by atoms with Crippen molar-refractivity contribution in [1.82, 2.24) is 14.5 Å². The second-order valence-corrected chi connectivity index (χ2v) is 5.41. The molecule has 0 saturated carbocycles. The van der Waals surface area contributed by atoms with E-state index in [0.29, 0.717) is 18.4 Å². The van der Waals surface area contributed by atoms with Gasteiger partial charge in [0, 0.05) is 26.2 Å². The van der Waals surface area contributed by atoms with Gasteiger partial charge in [-0.05, 0) is 29.3 Å². The normalized spacial score (nSPS) is 26.4. The minimum atomic E-state index is -0.472. The van der Waals surface area contributed by atoms with Crippen LogP contribution in [0.2, 0.25) is 0 Å². The lowest BCUT2D eigenvalue weighted by atomic mass is 10.2. The summed E-state index contributed by atoms with van der Waals surface area (Å²) in [5.41, 5.74) is 0. The van der Waals surface area contributed by atoms with Crippen LogP contribution in [0.4, 0.5) is 11.6 Å². The summed E-state index contributed by atoms with van der Waals surface area (Å²) >= 11 is 0. The van der Waals surface area contributed by atoms with E-state index in [1.165, 1.54) is 19.2 Å². The van der Waals surface area contributed by atoms with Crippen LogP contribution in [0, 0.1) is 10.1 Å². The molecular weight excluding hydrogens is 262 g/mol. The van der Waals surface area contributed by atoms with E-state index in [-0.39, 0.29) is 11.9 Å². The maximum Gasteiger partial charge on any atom is 0.406 e. The van der Waals surface area contributed by atoms with Gasteiger partial charge in [-0.2, -0.15) is 0 Å². The SMILES string of the molecule is Cn1cnc([N+](=O)[O-])c1NCC1CN2CCCC2CO1. The first-order valence-corrected chi connectivity index (χ1v) is 6.90.